The van der Waals surface area contributed by atoms with Crippen molar-refractivity contribution in [2.75, 3.05) is 24.2 Å². The van der Waals surface area contributed by atoms with E-state index in [1.54, 1.807) is 6.20 Å². The molecule has 1 aliphatic heterocycles. The van der Waals surface area contributed by atoms with Crippen molar-refractivity contribution < 1.29 is 8.78 Å². The molecule has 0 N–H and O–H groups in total. The topological polar surface area (TPSA) is 54.3 Å². The highest BCUT2D eigenvalue weighted by Gasteiger charge is 2.35. The Bertz CT molecular complexity index is 1280. The lowest BCUT2D eigenvalue weighted by Gasteiger charge is -2.33. The van der Waals surface area contributed by atoms with Crippen LogP contribution in [-0.2, 0) is 0 Å². The molecule has 2 aromatic heterocycles. The molecule has 5 rings (SSSR count). The number of anilines is 1. The molecule has 1 fully saturated rings. The number of rotatable bonds is 5. The molecule has 0 atom stereocenters. The molecular formula is C26H23F2N5S. The highest BCUT2D eigenvalue weighted by atomic mass is 32.2. The third-order valence-electron chi connectivity index (χ3n) is 5.82. The fraction of sp³-hybridized carbons (Fsp3) is 0.231. The van der Waals surface area contributed by atoms with Crippen LogP contribution in [0, 0.1) is 0 Å². The lowest BCUT2D eigenvalue weighted by molar-refractivity contribution is -0.0221. The van der Waals surface area contributed by atoms with Crippen LogP contribution >= 0.6 is 11.8 Å². The van der Waals surface area contributed by atoms with Crippen molar-refractivity contribution in [1.29, 1.82) is 0 Å². The number of thioether (sulfide) groups is 1. The van der Waals surface area contributed by atoms with Gasteiger partial charge in [-0.25, -0.2) is 28.7 Å². The molecule has 0 unspecified atom stereocenters. The number of pyridine rings is 1. The Morgan fingerprint density at radius 3 is 2.15 bits per heavy atom. The summed E-state index contributed by atoms with van der Waals surface area (Å²) in [7, 11) is 0. The summed E-state index contributed by atoms with van der Waals surface area (Å²) in [5.74, 6) is -1.56. The number of benzene rings is 2. The number of halogens is 2. The Labute approximate surface area is 201 Å². The number of nitrogens with zero attached hydrogens (tertiary/aromatic N) is 5. The van der Waals surface area contributed by atoms with Gasteiger partial charge in [-0.15, -0.1) is 0 Å². The summed E-state index contributed by atoms with van der Waals surface area (Å²) in [4.78, 5) is 20.7. The molecular weight excluding hydrogens is 452 g/mol. The first-order valence-corrected chi connectivity index (χ1v) is 12.3. The van der Waals surface area contributed by atoms with E-state index in [4.69, 9.17) is 9.98 Å². The van der Waals surface area contributed by atoms with Crippen LogP contribution < -0.4 is 4.90 Å². The molecule has 2 aromatic carbocycles. The van der Waals surface area contributed by atoms with E-state index in [0.29, 0.717) is 22.3 Å². The van der Waals surface area contributed by atoms with Gasteiger partial charge in [0.05, 0.1) is 16.6 Å². The second kappa shape index (κ2) is 9.46. The minimum Gasteiger partial charge on any atom is -0.355 e. The van der Waals surface area contributed by atoms with E-state index >= 15 is 0 Å². The van der Waals surface area contributed by atoms with Crippen LogP contribution in [0.4, 0.5) is 20.4 Å². The van der Waals surface area contributed by atoms with Crippen LogP contribution in [0.1, 0.15) is 24.0 Å². The summed E-state index contributed by atoms with van der Waals surface area (Å²) >= 11 is 1.45. The monoisotopic (exact) mass is 475 g/mol. The van der Waals surface area contributed by atoms with E-state index in [0.717, 1.165) is 22.2 Å². The molecule has 4 aromatic rings. The van der Waals surface area contributed by atoms with Crippen molar-refractivity contribution in [1.82, 2.24) is 15.0 Å². The van der Waals surface area contributed by atoms with Crippen LogP contribution in [0.25, 0.3) is 10.9 Å². The van der Waals surface area contributed by atoms with Gasteiger partial charge in [-0.3, -0.25) is 0 Å². The predicted octanol–water partition coefficient (Wildman–Crippen LogP) is 6.15. The maximum Gasteiger partial charge on any atom is 0.251 e. The lowest BCUT2D eigenvalue weighted by Crippen LogP contribution is -2.39. The van der Waals surface area contributed by atoms with Gasteiger partial charge in [0.25, 0.3) is 5.92 Å². The van der Waals surface area contributed by atoms with Crippen LogP contribution in [0.2, 0.25) is 0 Å². The molecule has 5 nitrogen and oxygen atoms in total. The van der Waals surface area contributed by atoms with Gasteiger partial charge in [-0.05, 0) is 6.26 Å². The van der Waals surface area contributed by atoms with E-state index in [2.05, 4.69) is 9.97 Å². The Balaban J connectivity index is 1.67. The van der Waals surface area contributed by atoms with Crippen LogP contribution in [0.5, 0.6) is 0 Å². The third-order valence-corrected chi connectivity index (χ3v) is 6.38. The largest absolute Gasteiger partial charge is 0.355 e. The highest BCUT2D eigenvalue weighted by Crippen LogP contribution is 2.34. The van der Waals surface area contributed by atoms with Gasteiger partial charge >= 0.3 is 0 Å². The number of alkyl halides is 2. The van der Waals surface area contributed by atoms with Crippen molar-refractivity contribution >= 4 is 40.0 Å². The normalized spacial score (nSPS) is 15.3. The van der Waals surface area contributed by atoms with Gasteiger partial charge < -0.3 is 4.90 Å². The summed E-state index contributed by atoms with van der Waals surface area (Å²) < 4.78 is 27.7. The average molecular weight is 476 g/mol. The number of aromatic nitrogens is 3. The Morgan fingerprint density at radius 1 is 0.941 bits per heavy atom. The zero-order valence-corrected chi connectivity index (χ0v) is 19.5. The van der Waals surface area contributed by atoms with Crippen molar-refractivity contribution in [3.63, 3.8) is 0 Å². The van der Waals surface area contributed by atoms with Gasteiger partial charge in [0.15, 0.2) is 11.0 Å². The minimum absolute atomic E-state index is 0.202. The SMILES string of the molecule is CSc1ncc2c(N3CCC(F)(F)CC3)nc(N=C(c3ccccc3)c3ccccc3)cc2n1. The van der Waals surface area contributed by atoms with Crippen molar-refractivity contribution in [3.8, 4) is 0 Å². The predicted molar refractivity (Wildman–Crippen MR) is 134 cm³/mol. The van der Waals surface area contributed by atoms with Gasteiger partial charge in [0, 0.05) is 49.3 Å². The fourth-order valence-electron chi connectivity index (χ4n) is 4.03. The smallest absolute Gasteiger partial charge is 0.251 e. The first-order chi connectivity index (χ1) is 16.5. The summed E-state index contributed by atoms with van der Waals surface area (Å²) in [5.41, 5.74) is 3.40. The quantitative estimate of drug-likeness (QED) is 0.197. The zero-order chi connectivity index (χ0) is 23.5. The third kappa shape index (κ3) is 4.77. The summed E-state index contributed by atoms with van der Waals surface area (Å²) in [6, 6.07) is 21.7. The van der Waals surface area contributed by atoms with Crippen LogP contribution in [0.3, 0.4) is 0 Å². The first kappa shape index (κ1) is 22.4. The number of hydrogen-bond donors (Lipinski definition) is 0. The van der Waals surface area contributed by atoms with Crippen molar-refractivity contribution in [3.05, 3.63) is 84.1 Å². The van der Waals surface area contributed by atoms with E-state index in [-0.39, 0.29) is 25.9 Å². The number of fused-ring (bicyclic) bond motifs is 1. The Kier molecular flexibility index (Phi) is 6.24. The Morgan fingerprint density at radius 2 is 1.56 bits per heavy atom. The summed E-state index contributed by atoms with van der Waals surface area (Å²) in [6.45, 7) is 0.438. The number of aliphatic imine (C=N–C) groups is 1. The first-order valence-electron chi connectivity index (χ1n) is 11.1. The number of hydrogen-bond acceptors (Lipinski definition) is 6. The maximum absolute atomic E-state index is 13.8. The number of piperidine rings is 1. The standard InChI is InChI=1S/C26H23F2N5S/c1-34-25-29-17-20-21(30-25)16-22(32-24(20)33-14-12-26(27,28)13-15-33)31-23(18-8-4-2-5-9-18)19-10-6-3-7-11-19/h2-11,16-17H,12-15H2,1H3. The molecule has 0 aliphatic carbocycles. The van der Waals surface area contributed by atoms with Gasteiger partial charge in [-0.1, -0.05) is 72.4 Å². The zero-order valence-electron chi connectivity index (χ0n) is 18.7. The summed E-state index contributed by atoms with van der Waals surface area (Å²) in [5, 5.41) is 1.37. The minimum atomic E-state index is -2.64. The molecule has 172 valence electrons. The highest BCUT2D eigenvalue weighted by molar-refractivity contribution is 7.98. The summed E-state index contributed by atoms with van der Waals surface area (Å²) in [6.07, 6.45) is 3.24. The second-order valence-electron chi connectivity index (χ2n) is 8.13. The lowest BCUT2D eigenvalue weighted by atomic mass is 10.0. The molecule has 3 heterocycles. The molecule has 8 heteroatoms. The average Bonchev–Trinajstić information content (AvgIpc) is 2.87. The van der Waals surface area contributed by atoms with Gasteiger partial charge in [0.2, 0.25) is 0 Å². The van der Waals surface area contributed by atoms with Crippen molar-refractivity contribution in [2.45, 2.75) is 23.9 Å². The Hall–Kier alpha value is -3.39. The second-order valence-corrected chi connectivity index (χ2v) is 8.90. The molecule has 1 saturated heterocycles. The van der Waals surface area contributed by atoms with Crippen LogP contribution in [0.15, 0.2) is 83.1 Å². The molecule has 1 aliphatic rings. The molecule has 0 amide bonds. The fourth-order valence-corrected chi connectivity index (χ4v) is 4.38. The van der Waals surface area contributed by atoms with Gasteiger partial charge in [-0.2, -0.15) is 0 Å². The molecule has 34 heavy (non-hydrogen) atoms. The van der Waals surface area contributed by atoms with E-state index in [9.17, 15) is 8.78 Å². The van der Waals surface area contributed by atoms with E-state index in [1.165, 1.54) is 11.8 Å². The van der Waals surface area contributed by atoms with Gasteiger partial charge in [0.1, 0.15) is 5.82 Å². The molecule has 0 spiro atoms. The van der Waals surface area contributed by atoms with E-state index < -0.39 is 5.92 Å². The van der Waals surface area contributed by atoms with E-state index in [1.807, 2.05) is 77.9 Å². The van der Waals surface area contributed by atoms with Crippen LogP contribution in [-0.4, -0.2) is 45.9 Å². The maximum atomic E-state index is 13.8. The molecule has 0 radical (unpaired) electrons. The molecule has 0 saturated carbocycles. The molecule has 0 bridgehead atoms. The van der Waals surface area contributed by atoms with Crippen molar-refractivity contribution in [2.24, 2.45) is 4.99 Å².